The molecule has 0 heterocycles. The average molecular weight is 234 g/mol. The summed E-state index contributed by atoms with van der Waals surface area (Å²) in [6, 6.07) is 10.7. The smallest absolute Gasteiger partial charge is 0.0456 e. The van der Waals surface area contributed by atoms with Crippen LogP contribution >= 0.6 is 0 Å². The zero-order valence-corrected chi connectivity index (χ0v) is 11.4. The fourth-order valence-corrected chi connectivity index (χ4v) is 2.64. The fourth-order valence-electron chi connectivity index (χ4n) is 2.64. The zero-order chi connectivity index (χ0) is 12.7. The summed E-state index contributed by atoms with van der Waals surface area (Å²) in [5.74, 6) is 1.86. The van der Waals surface area contributed by atoms with E-state index in [1.807, 2.05) is 0 Å². The first kappa shape index (κ1) is 14.2. The SMILES string of the molecule is C[C@@H](C[C@H](C)Cc1ccccc1)C[C@@H](C)CO. The number of hydrogen-bond acceptors (Lipinski definition) is 1. The Hall–Kier alpha value is -0.820. The molecule has 0 spiro atoms. The Morgan fingerprint density at radius 3 is 2.06 bits per heavy atom. The van der Waals surface area contributed by atoms with E-state index in [0.29, 0.717) is 18.4 Å². The van der Waals surface area contributed by atoms with Crippen molar-refractivity contribution >= 4 is 0 Å². The summed E-state index contributed by atoms with van der Waals surface area (Å²) in [7, 11) is 0. The van der Waals surface area contributed by atoms with Crippen LogP contribution in [0.2, 0.25) is 0 Å². The van der Waals surface area contributed by atoms with Crippen LogP contribution in [0.5, 0.6) is 0 Å². The van der Waals surface area contributed by atoms with Crippen molar-refractivity contribution in [2.24, 2.45) is 17.8 Å². The summed E-state index contributed by atoms with van der Waals surface area (Å²) >= 11 is 0. The number of hydrogen-bond donors (Lipinski definition) is 1. The van der Waals surface area contributed by atoms with Crippen LogP contribution in [0.15, 0.2) is 30.3 Å². The first-order valence-electron chi connectivity index (χ1n) is 6.76. The second-order valence-electron chi connectivity index (χ2n) is 5.66. The van der Waals surface area contributed by atoms with Crippen molar-refractivity contribution in [1.29, 1.82) is 0 Å². The lowest BCUT2D eigenvalue weighted by Crippen LogP contribution is -2.11. The maximum atomic E-state index is 9.05. The number of rotatable bonds is 7. The van der Waals surface area contributed by atoms with Crippen LogP contribution in [0, 0.1) is 17.8 Å². The number of aliphatic hydroxyl groups excluding tert-OH is 1. The monoisotopic (exact) mass is 234 g/mol. The van der Waals surface area contributed by atoms with Crippen molar-refractivity contribution in [2.75, 3.05) is 6.61 Å². The van der Waals surface area contributed by atoms with Gasteiger partial charge < -0.3 is 5.11 Å². The molecule has 1 aromatic rings. The number of benzene rings is 1. The molecule has 1 aromatic carbocycles. The second-order valence-corrected chi connectivity index (χ2v) is 5.66. The van der Waals surface area contributed by atoms with Crippen LogP contribution < -0.4 is 0 Å². The van der Waals surface area contributed by atoms with Crippen molar-refractivity contribution in [2.45, 2.75) is 40.0 Å². The van der Waals surface area contributed by atoms with E-state index in [2.05, 4.69) is 51.1 Å². The van der Waals surface area contributed by atoms with Crippen LogP contribution in [0.3, 0.4) is 0 Å². The Bertz CT molecular complexity index is 294. The van der Waals surface area contributed by atoms with Crippen LogP contribution in [-0.4, -0.2) is 11.7 Å². The summed E-state index contributed by atoms with van der Waals surface area (Å²) < 4.78 is 0. The minimum Gasteiger partial charge on any atom is -0.396 e. The summed E-state index contributed by atoms with van der Waals surface area (Å²) in [5, 5.41) is 9.05. The minimum absolute atomic E-state index is 0.317. The van der Waals surface area contributed by atoms with Crippen LogP contribution in [0.25, 0.3) is 0 Å². The van der Waals surface area contributed by atoms with E-state index < -0.39 is 0 Å². The highest BCUT2D eigenvalue weighted by Crippen LogP contribution is 2.22. The van der Waals surface area contributed by atoms with Crippen molar-refractivity contribution in [3.05, 3.63) is 35.9 Å². The van der Waals surface area contributed by atoms with Crippen molar-refractivity contribution in [3.63, 3.8) is 0 Å². The lowest BCUT2D eigenvalue weighted by molar-refractivity contribution is 0.208. The zero-order valence-electron chi connectivity index (χ0n) is 11.4. The molecule has 1 heteroatoms. The molecule has 0 amide bonds. The van der Waals surface area contributed by atoms with Gasteiger partial charge in [-0.05, 0) is 42.6 Å². The van der Waals surface area contributed by atoms with Gasteiger partial charge in [0, 0.05) is 6.61 Å². The quantitative estimate of drug-likeness (QED) is 0.758. The predicted molar refractivity (Wildman–Crippen MR) is 74.0 cm³/mol. The normalized spacial score (nSPS) is 16.5. The molecule has 0 saturated heterocycles. The minimum atomic E-state index is 0.317. The molecule has 1 N–H and O–H groups in total. The van der Waals surface area contributed by atoms with E-state index in [9.17, 15) is 0 Å². The van der Waals surface area contributed by atoms with E-state index in [1.54, 1.807) is 0 Å². The van der Waals surface area contributed by atoms with Gasteiger partial charge in [-0.3, -0.25) is 0 Å². The highest BCUT2D eigenvalue weighted by molar-refractivity contribution is 5.15. The molecule has 96 valence electrons. The van der Waals surface area contributed by atoms with Gasteiger partial charge in [0.2, 0.25) is 0 Å². The lowest BCUT2D eigenvalue weighted by Gasteiger charge is -2.19. The molecule has 3 atom stereocenters. The maximum Gasteiger partial charge on any atom is 0.0456 e. The molecular weight excluding hydrogens is 208 g/mol. The van der Waals surface area contributed by atoms with Gasteiger partial charge in [-0.2, -0.15) is 0 Å². The molecule has 1 rings (SSSR count). The third-order valence-electron chi connectivity index (χ3n) is 3.35. The summed E-state index contributed by atoms with van der Waals surface area (Å²) in [5.41, 5.74) is 1.43. The standard InChI is InChI=1S/C16H26O/c1-13(10-15(3)12-17)9-14(2)11-16-7-5-4-6-8-16/h4-8,13-15,17H,9-12H2,1-3H3/t13-,14-,15+/m0/s1. The van der Waals surface area contributed by atoms with E-state index in [1.165, 1.54) is 18.4 Å². The van der Waals surface area contributed by atoms with Gasteiger partial charge in [-0.1, -0.05) is 51.1 Å². The second kappa shape index (κ2) is 7.50. The largest absolute Gasteiger partial charge is 0.396 e. The topological polar surface area (TPSA) is 20.2 Å². The average Bonchev–Trinajstić information content (AvgIpc) is 2.29. The van der Waals surface area contributed by atoms with Gasteiger partial charge in [0.05, 0.1) is 0 Å². The highest BCUT2D eigenvalue weighted by atomic mass is 16.3. The van der Waals surface area contributed by atoms with Crippen molar-refractivity contribution < 1.29 is 5.11 Å². The molecule has 17 heavy (non-hydrogen) atoms. The molecule has 0 unspecified atom stereocenters. The third kappa shape index (κ3) is 5.88. The lowest BCUT2D eigenvalue weighted by atomic mass is 9.87. The summed E-state index contributed by atoms with van der Waals surface area (Å²) in [6.07, 6.45) is 3.55. The molecule has 0 aliphatic rings. The van der Waals surface area contributed by atoms with Gasteiger partial charge in [0.15, 0.2) is 0 Å². The first-order valence-corrected chi connectivity index (χ1v) is 6.76. The van der Waals surface area contributed by atoms with E-state index in [0.717, 1.165) is 12.3 Å². The molecule has 0 bridgehead atoms. The van der Waals surface area contributed by atoms with Crippen LogP contribution in [-0.2, 0) is 6.42 Å². The molecule has 0 radical (unpaired) electrons. The first-order chi connectivity index (χ1) is 8.11. The Morgan fingerprint density at radius 2 is 1.47 bits per heavy atom. The molecule has 0 fully saturated rings. The molecule has 0 aromatic heterocycles. The van der Waals surface area contributed by atoms with Gasteiger partial charge in [-0.25, -0.2) is 0 Å². The number of aliphatic hydroxyl groups is 1. The van der Waals surface area contributed by atoms with Crippen LogP contribution in [0.1, 0.15) is 39.2 Å². The van der Waals surface area contributed by atoms with Crippen LogP contribution in [0.4, 0.5) is 0 Å². The van der Waals surface area contributed by atoms with E-state index in [-0.39, 0.29) is 0 Å². The van der Waals surface area contributed by atoms with E-state index in [4.69, 9.17) is 5.11 Å². The summed E-state index contributed by atoms with van der Waals surface area (Å²) in [6.45, 7) is 7.07. The summed E-state index contributed by atoms with van der Waals surface area (Å²) in [4.78, 5) is 0. The predicted octanol–water partition coefficient (Wildman–Crippen LogP) is 3.91. The molecular formula is C16H26O. The Kier molecular flexibility index (Phi) is 6.28. The fraction of sp³-hybridized carbons (Fsp3) is 0.625. The molecule has 1 nitrogen and oxygen atoms in total. The molecule has 0 aliphatic carbocycles. The Labute approximate surface area is 106 Å². The van der Waals surface area contributed by atoms with Gasteiger partial charge in [0.1, 0.15) is 0 Å². The van der Waals surface area contributed by atoms with Gasteiger partial charge >= 0.3 is 0 Å². The molecule has 0 saturated carbocycles. The Balaban J connectivity index is 2.31. The van der Waals surface area contributed by atoms with Gasteiger partial charge in [-0.15, -0.1) is 0 Å². The van der Waals surface area contributed by atoms with Gasteiger partial charge in [0.25, 0.3) is 0 Å². The maximum absolute atomic E-state index is 9.05. The van der Waals surface area contributed by atoms with Crippen molar-refractivity contribution in [1.82, 2.24) is 0 Å². The highest BCUT2D eigenvalue weighted by Gasteiger charge is 2.12. The third-order valence-corrected chi connectivity index (χ3v) is 3.35. The molecule has 0 aliphatic heterocycles. The van der Waals surface area contributed by atoms with E-state index >= 15 is 0 Å². The Morgan fingerprint density at radius 1 is 0.882 bits per heavy atom. The van der Waals surface area contributed by atoms with Crippen molar-refractivity contribution in [3.8, 4) is 0 Å².